The van der Waals surface area contributed by atoms with E-state index in [1.807, 2.05) is 18.3 Å². The van der Waals surface area contributed by atoms with Crippen LogP contribution >= 0.6 is 0 Å². The second kappa shape index (κ2) is 5.85. The molecule has 3 nitrogen and oxygen atoms in total. The Bertz CT molecular complexity index is 526. The van der Waals surface area contributed by atoms with Gasteiger partial charge in [0, 0.05) is 25.5 Å². The predicted molar refractivity (Wildman–Crippen MR) is 80.2 cm³/mol. The molecule has 2 N–H and O–H groups in total. The summed E-state index contributed by atoms with van der Waals surface area (Å²) in [6.07, 6.45) is 1.85. The summed E-state index contributed by atoms with van der Waals surface area (Å²) in [4.78, 5) is 6.65. The third kappa shape index (κ3) is 3.55. The van der Waals surface area contributed by atoms with E-state index in [0.717, 1.165) is 17.8 Å². The van der Waals surface area contributed by atoms with Gasteiger partial charge in [-0.3, -0.25) is 4.98 Å². The van der Waals surface area contributed by atoms with Crippen LogP contribution in [0.3, 0.4) is 0 Å². The van der Waals surface area contributed by atoms with Crippen molar-refractivity contribution < 1.29 is 0 Å². The van der Waals surface area contributed by atoms with Crippen molar-refractivity contribution >= 4 is 5.69 Å². The Labute approximate surface area is 115 Å². The second-order valence-corrected chi connectivity index (χ2v) is 5.06. The van der Waals surface area contributed by atoms with Gasteiger partial charge in [0.1, 0.15) is 0 Å². The fourth-order valence-electron chi connectivity index (χ4n) is 2.17. The first-order valence-electron chi connectivity index (χ1n) is 6.52. The van der Waals surface area contributed by atoms with Gasteiger partial charge >= 0.3 is 0 Å². The number of nitrogens with two attached hydrogens (primary N) is 1. The fourth-order valence-corrected chi connectivity index (χ4v) is 2.17. The zero-order valence-corrected chi connectivity index (χ0v) is 11.9. The molecule has 0 aliphatic carbocycles. The van der Waals surface area contributed by atoms with Gasteiger partial charge in [0.25, 0.3) is 0 Å². The molecule has 0 saturated carbocycles. The molecule has 1 heterocycles. The highest BCUT2D eigenvalue weighted by atomic mass is 15.1. The zero-order chi connectivity index (χ0) is 13.8. The lowest BCUT2D eigenvalue weighted by Crippen LogP contribution is -2.17. The SMILES string of the molecule is Cc1cc(C)cc(N(C)Cc2ccc(CN)cn2)c1. The maximum Gasteiger partial charge on any atom is 0.0598 e. The van der Waals surface area contributed by atoms with Crippen molar-refractivity contribution in [3.8, 4) is 0 Å². The molecule has 0 aliphatic heterocycles. The first-order chi connectivity index (χ1) is 9.08. The van der Waals surface area contributed by atoms with Crippen LogP contribution in [0.25, 0.3) is 0 Å². The molecular formula is C16H21N3. The van der Waals surface area contributed by atoms with Gasteiger partial charge in [-0.05, 0) is 48.7 Å². The molecular weight excluding hydrogens is 234 g/mol. The van der Waals surface area contributed by atoms with Crippen LogP contribution < -0.4 is 10.6 Å². The first-order valence-corrected chi connectivity index (χ1v) is 6.52. The number of hydrogen-bond donors (Lipinski definition) is 1. The molecule has 0 amide bonds. The van der Waals surface area contributed by atoms with Crippen LogP contribution in [0.5, 0.6) is 0 Å². The van der Waals surface area contributed by atoms with E-state index >= 15 is 0 Å². The van der Waals surface area contributed by atoms with Crippen LogP contribution in [0.15, 0.2) is 36.5 Å². The minimum absolute atomic E-state index is 0.542. The van der Waals surface area contributed by atoms with Crippen LogP contribution in [0.1, 0.15) is 22.4 Å². The number of aromatic nitrogens is 1. The largest absolute Gasteiger partial charge is 0.369 e. The summed E-state index contributed by atoms with van der Waals surface area (Å²) in [6, 6.07) is 10.7. The number of aryl methyl sites for hydroxylation is 2. The fraction of sp³-hybridized carbons (Fsp3) is 0.312. The Morgan fingerprint density at radius 2 is 1.79 bits per heavy atom. The minimum Gasteiger partial charge on any atom is -0.369 e. The van der Waals surface area contributed by atoms with E-state index in [1.54, 1.807) is 0 Å². The minimum atomic E-state index is 0.542. The third-order valence-corrected chi connectivity index (χ3v) is 3.17. The Hall–Kier alpha value is -1.87. The van der Waals surface area contributed by atoms with Gasteiger partial charge in [0.15, 0.2) is 0 Å². The number of nitrogens with zero attached hydrogens (tertiary/aromatic N) is 2. The van der Waals surface area contributed by atoms with Gasteiger partial charge in [-0.25, -0.2) is 0 Å². The molecule has 1 aromatic heterocycles. The average Bonchev–Trinajstić information content (AvgIpc) is 2.38. The summed E-state index contributed by atoms with van der Waals surface area (Å²) in [5, 5.41) is 0. The molecule has 1 aromatic carbocycles. The summed E-state index contributed by atoms with van der Waals surface area (Å²) in [5.41, 5.74) is 11.5. The van der Waals surface area contributed by atoms with Gasteiger partial charge in [-0.2, -0.15) is 0 Å². The standard InChI is InChI=1S/C16H21N3/c1-12-6-13(2)8-16(7-12)19(3)11-15-5-4-14(9-17)10-18-15/h4-8,10H,9,11,17H2,1-3H3. The van der Waals surface area contributed by atoms with E-state index in [-0.39, 0.29) is 0 Å². The Balaban J connectivity index is 2.13. The second-order valence-electron chi connectivity index (χ2n) is 5.06. The van der Waals surface area contributed by atoms with Crippen molar-refractivity contribution in [2.75, 3.05) is 11.9 Å². The van der Waals surface area contributed by atoms with Crippen molar-refractivity contribution in [2.45, 2.75) is 26.9 Å². The Kier molecular flexibility index (Phi) is 4.17. The van der Waals surface area contributed by atoms with Gasteiger partial charge in [0.05, 0.1) is 12.2 Å². The maximum atomic E-state index is 5.58. The van der Waals surface area contributed by atoms with Crippen molar-refractivity contribution in [1.82, 2.24) is 4.98 Å². The van der Waals surface area contributed by atoms with Crippen LogP contribution in [0.2, 0.25) is 0 Å². The maximum absolute atomic E-state index is 5.58. The molecule has 0 spiro atoms. The molecule has 0 atom stereocenters. The smallest absolute Gasteiger partial charge is 0.0598 e. The normalized spacial score (nSPS) is 10.5. The highest BCUT2D eigenvalue weighted by Gasteiger charge is 2.04. The van der Waals surface area contributed by atoms with E-state index in [9.17, 15) is 0 Å². The third-order valence-electron chi connectivity index (χ3n) is 3.17. The molecule has 2 rings (SSSR count). The number of pyridine rings is 1. The Morgan fingerprint density at radius 1 is 1.11 bits per heavy atom. The lowest BCUT2D eigenvalue weighted by atomic mass is 10.1. The van der Waals surface area contributed by atoms with Gasteiger partial charge in [-0.15, -0.1) is 0 Å². The predicted octanol–water partition coefficient (Wildman–Crippen LogP) is 2.79. The molecule has 2 aromatic rings. The highest BCUT2D eigenvalue weighted by Crippen LogP contribution is 2.19. The number of rotatable bonds is 4. The number of hydrogen-bond acceptors (Lipinski definition) is 3. The molecule has 0 bridgehead atoms. The molecule has 0 aliphatic rings. The molecule has 0 unspecified atom stereocenters. The van der Waals surface area contributed by atoms with Crippen LogP contribution in [0.4, 0.5) is 5.69 Å². The molecule has 0 saturated heterocycles. The number of benzene rings is 1. The summed E-state index contributed by atoms with van der Waals surface area (Å²) >= 11 is 0. The van der Waals surface area contributed by atoms with Crippen LogP contribution in [-0.4, -0.2) is 12.0 Å². The van der Waals surface area contributed by atoms with Crippen molar-refractivity contribution in [1.29, 1.82) is 0 Å². The van der Waals surface area contributed by atoms with E-state index in [2.05, 4.69) is 49.0 Å². The summed E-state index contributed by atoms with van der Waals surface area (Å²) in [5.74, 6) is 0. The topological polar surface area (TPSA) is 42.1 Å². The van der Waals surface area contributed by atoms with E-state index in [1.165, 1.54) is 16.8 Å². The molecule has 3 heteroatoms. The molecule has 19 heavy (non-hydrogen) atoms. The van der Waals surface area contributed by atoms with Crippen LogP contribution in [0, 0.1) is 13.8 Å². The van der Waals surface area contributed by atoms with E-state index in [0.29, 0.717) is 6.54 Å². The van der Waals surface area contributed by atoms with Crippen molar-refractivity contribution in [3.05, 3.63) is 58.9 Å². The molecule has 0 fully saturated rings. The number of anilines is 1. The van der Waals surface area contributed by atoms with Crippen molar-refractivity contribution in [2.24, 2.45) is 5.73 Å². The monoisotopic (exact) mass is 255 g/mol. The van der Waals surface area contributed by atoms with Crippen molar-refractivity contribution in [3.63, 3.8) is 0 Å². The van der Waals surface area contributed by atoms with E-state index in [4.69, 9.17) is 5.73 Å². The lowest BCUT2D eigenvalue weighted by Gasteiger charge is -2.20. The zero-order valence-electron chi connectivity index (χ0n) is 11.9. The highest BCUT2D eigenvalue weighted by molar-refractivity contribution is 5.50. The van der Waals surface area contributed by atoms with Gasteiger partial charge in [-0.1, -0.05) is 12.1 Å². The quantitative estimate of drug-likeness (QED) is 0.913. The summed E-state index contributed by atoms with van der Waals surface area (Å²) in [6.45, 7) is 5.59. The van der Waals surface area contributed by atoms with Crippen LogP contribution in [-0.2, 0) is 13.1 Å². The van der Waals surface area contributed by atoms with Gasteiger partial charge < -0.3 is 10.6 Å². The Morgan fingerprint density at radius 3 is 2.32 bits per heavy atom. The average molecular weight is 255 g/mol. The van der Waals surface area contributed by atoms with Gasteiger partial charge in [0.2, 0.25) is 0 Å². The summed E-state index contributed by atoms with van der Waals surface area (Å²) in [7, 11) is 2.09. The molecule has 0 radical (unpaired) electrons. The lowest BCUT2D eigenvalue weighted by molar-refractivity contribution is 0.877. The summed E-state index contributed by atoms with van der Waals surface area (Å²) < 4.78 is 0. The van der Waals surface area contributed by atoms with E-state index < -0.39 is 0 Å². The first kappa shape index (κ1) is 13.6. The molecule has 100 valence electrons.